The van der Waals surface area contributed by atoms with Gasteiger partial charge in [-0.15, -0.1) is 0 Å². The molecule has 7 nitrogen and oxygen atoms in total. The van der Waals surface area contributed by atoms with Gasteiger partial charge in [0.25, 0.3) is 5.91 Å². The van der Waals surface area contributed by atoms with Gasteiger partial charge in [-0.25, -0.2) is 18.4 Å². The average Bonchev–Trinajstić information content (AvgIpc) is 3.29. The molecule has 1 fully saturated rings. The molecule has 0 bridgehead atoms. The highest BCUT2D eigenvalue weighted by Gasteiger charge is 2.24. The van der Waals surface area contributed by atoms with E-state index in [2.05, 4.69) is 14.9 Å². The predicted octanol–water partition coefficient (Wildman–Crippen LogP) is 3.63. The number of amides is 1. The van der Waals surface area contributed by atoms with Crippen LogP contribution in [0, 0.1) is 0 Å². The van der Waals surface area contributed by atoms with Gasteiger partial charge in [0, 0.05) is 37.9 Å². The maximum Gasteiger partial charge on any atom is 0.253 e. The number of pyridine rings is 1. The summed E-state index contributed by atoms with van der Waals surface area (Å²) in [4.78, 5) is 27.3. The van der Waals surface area contributed by atoms with Crippen molar-refractivity contribution in [2.24, 2.45) is 0 Å². The van der Waals surface area contributed by atoms with E-state index < -0.39 is 9.84 Å². The number of anilines is 1. The van der Waals surface area contributed by atoms with E-state index >= 15 is 0 Å². The number of thiazole rings is 1. The van der Waals surface area contributed by atoms with Crippen LogP contribution < -0.4 is 4.90 Å². The van der Waals surface area contributed by atoms with Gasteiger partial charge < -0.3 is 9.80 Å². The number of nitrogens with zero attached hydrogens (tertiary/aromatic N) is 4. The van der Waals surface area contributed by atoms with Gasteiger partial charge in [-0.2, -0.15) is 0 Å². The molecule has 0 unspecified atom stereocenters. The van der Waals surface area contributed by atoms with Crippen molar-refractivity contribution in [1.82, 2.24) is 14.9 Å². The SMILES string of the molecule is O=C(c1cccc(CS(=O)(=O)c2ccccc2)c1)N1CCN(c2nc3cccnc3s2)CC1. The van der Waals surface area contributed by atoms with Crippen LogP contribution in [-0.2, 0) is 15.6 Å². The van der Waals surface area contributed by atoms with Crippen LogP contribution in [0.2, 0.25) is 0 Å². The topological polar surface area (TPSA) is 83.5 Å². The van der Waals surface area contributed by atoms with Crippen LogP contribution in [0.5, 0.6) is 0 Å². The summed E-state index contributed by atoms with van der Waals surface area (Å²) < 4.78 is 25.4. The van der Waals surface area contributed by atoms with Gasteiger partial charge in [-0.1, -0.05) is 41.7 Å². The molecular formula is C24H22N4O3S2. The number of piperazine rings is 1. The van der Waals surface area contributed by atoms with Gasteiger partial charge in [0.1, 0.15) is 10.3 Å². The zero-order valence-corrected chi connectivity index (χ0v) is 19.4. The Labute approximate surface area is 196 Å². The molecule has 1 aliphatic rings. The molecule has 168 valence electrons. The molecule has 1 aliphatic heterocycles. The zero-order valence-electron chi connectivity index (χ0n) is 17.8. The molecule has 0 aliphatic carbocycles. The van der Waals surface area contributed by atoms with Crippen molar-refractivity contribution in [2.75, 3.05) is 31.1 Å². The van der Waals surface area contributed by atoms with Crippen LogP contribution in [0.4, 0.5) is 5.13 Å². The van der Waals surface area contributed by atoms with Crippen molar-refractivity contribution < 1.29 is 13.2 Å². The number of hydrogen-bond acceptors (Lipinski definition) is 7. The molecule has 3 heterocycles. The maximum absolute atomic E-state index is 13.1. The smallest absolute Gasteiger partial charge is 0.253 e. The molecule has 0 radical (unpaired) electrons. The summed E-state index contributed by atoms with van der Waals surface area (Å²) in [6.45, 7) is 2.53. The van der Waals surface area contributed by atoms with E-state index in [9.17, 15) is 13.2 Å². The molecule has 2 aromatic carbocycles. The molecular weight excluding hydrogens is 456 g/mol. The lowest BCUT2D eigenvalue weighted by Gasteiger charge is -2.34. The lowest BCUT2D eigenvalue weighted by Crippen LogP contribution is -2.48. The summed E-state index contributed by atoms with van der Waals surface area (Å²) >= 11 is 1.56. The Morgan fingerprint density at radius 2 is 1.73 bits per heavy atom. The van der Waals surface area contributed by atoms with E-state index in [0.717, 1.165) is 15.5 Å². The molecule has 9 heteroatoms. The Kier molecular flexibility index (Phi) is 5.82. The van der Waals surface area contributed by atoms with Crippen LogP contribution >= 0.6 is 11.3 Å². The fourth-order valence-corrected chi connectivity index (χ4v) is 6.22. The molecule has 1 saturated heterocycles. The Morgan fingerprint density at radius 3 is 2.48 bits per heavy atom. The summed E-state index contributed by atoms with van der Waals surface area (Å²) in [7, 11) is -3.47. The van der Waals surface area contributed by atoms with Crippen LogP contribution in [-0.4, -0.2) is 55.4 Å². The van der Waals surface area contributed by atoms with E-state index in [0.29, 0.717) is 37.3 Å². The fourth-order valence-electron chi connectivity index (χ4n) is 3.90. The van der Waals surface area contributed by atoms with Crippen LogP contribution in [0.3, 0.4) is 0 Å². The third-order valence-electron chi connectivity index (χ3n) is 5.63. The van der Waals surface area contributed by atoms with E-state index in [4.69, 9.17) is 0 Å². The fraction of sp³-hybridized carbons (Fsp3) is 0.208. The van der Waals surface area contributed by atoms with Crippen molar-refractivity contribution in [3.63, 3.8) is 0 Å². The highest BCUT2D eigenvalue weighted by Crippen LogP contribution is 2.28. The number of fused-ring (bicyclic) bond motifs is 1. The molecule has 1 amide bonds. The number of hydrogen-bond donors (Lipinski definition) is 0. The van der Waals surface area contributed by atoms with E-state index in [-0.39, 0.29) is 16.6 Å². The van der Waals surface area contributed by atoms with Gasteiger partial charge in [0.05, 0.1) is 10.6 Å². The Balaban J connectivity index is 1.26. The highest BCUT2D eigenvalue weighted by molar-refractivity contribution is 7.90. The minimum Gasteiger partial charge on any atom is -0.344 e. The normalized spacial score (nSPS) is 14.5. The largest absolute Gasteiger partial charge is 0.344 e. The molecule has 0 saturated carbocycles. The third kappa shape index (κ3) is 4.60. The number of carbonyl (C=O) groups is 1. The number of aromatic nitrogens is 2. The van der Waals surface area contributed by atoms with Gasteiger partial charge in [-0.3, -0.25) is 4.79 Å². The molecule has 0 atom stereocenters. The average molecular weight is 479 g/mol. The Morgan fingerprint density at radius 1 is 0.939 bits per heavy atom. The second-order valence-corrected chi connectivity index (χ2v) is 10.8. The minimum atomic E-state index is -3.47. The minimum absolute atomic E-state index is 0.0837. The third-order valence-corrected chi connectivity index (χ3v) is 8.37. The van der Waals surface area contributed by atoms with Crippen molar-refractivity contribution in [3.8, 4) is 0 Å². The van der Waals surface area contributed by atoms with Crippen LogP contribution in [0.1, 0.15) is 15.9 Å². The molecule has 33 heavy (non-hydrogen) atoms. The summed E-state index contributed by atoms with van der Waals surface area (Å²) in [6, 6.07) is 19.1. The molecule has 5 rings (SSSR count). The van der Waals surface area contributed by atoms with E-state index in [1.54, 1.807) is 72.1 Å². The summed E-state index contributed by atoms with van der Waals surface area (Å²) in [6.07, 6.45) is 1.76. The summed E-state index contributed by atoms with van der Waals surface area (Å²) in [5.41, 5.74) is 2.00. The first-order valence-corrected chi connectivity index (χ1v) is 13.1. The van der Waals surface area contributed by atoms with E-state index in [1.807, 2.05) is 17.0 Å². The number of benzene rings is 2. The number of rotatable bonds is 5. The van der Waals surface area contributed by atoms with E-state index in [1.165, 1.54) is 0 Å². The predicted molar refractivity (Wildman–Crippen MR) is 129 cm³/mol. The lowest BCUT2D eigenvalue weighted by atomic mass is 10.1. The Hall–Kier alpha value is -3.30. The Bertz CT molecular complexity index is 1360. The quantitative estimate of drug-likeness (QED) is 0.436. The molecule has 4 aromatic rings. The highest BCUT2D eigenvalue weighted by atomic mass is 32.2. The van der Waals surface area contributed by atoms with Gasteiger partial charge >= 0.3 is 0 Å². The molecule has 2 aromatic heterocycles. The molecule has 0 N–H and O–H groups in total. The maximum atomic E-state index is 13.1. The zero-order chi connectivity index (χ0) is 22.8. The summed E-state index contributed by atoms with van der Waals surface area (Å²) in [5.74, 6) is -0.225. The van der Waals surface area contributed by atoms with Crippen molar-refractivity contribution in [2.45, 2.75) is 10.6 Å². The monoisotopic (exact) mass is 478 g/mol. The first-order valence-electron chi connectivity index (χ1n) is 10.6. The molecule has 0 spiro atoms. The number of carbonyl (C=O) groups excluding carboxylic acids is 1. The van der Waals surface area contributed by atoms with Crippen molar-refractivity contribution in [3.05, 3.63) is 84.1 Å². The number of sulfone groups is 1. The van der Waals surface area contributed by atoms with Crippen molar-refractivity contribution >= 4 is 42.6 Å². The first-order chi connectivity index (χ1) is 16.0. The second-order valence-electron chi connectivity index (χ2n) is 7.88. The first kappa shape index (κ1) is 21.5. The van der Waals surface area contributed by atoms with Gasteiger partial charge in [0.2, 0.25) is 0 Å². The van der Waals surface area contributed by atoms with Crippen LogP contribution in [0.25, 0.3) is 10.3 Å². The van der Waals surface area contributed by atoms with Crippen molar-refractivity contribution in [1.29, 1.82) is 0 Å². The standard InChI is InChI=1S/C24H22N4O3S2/c29-23(19-7-4-6-18(16-19)17-33(30,31)20-8-2-1-3-9-20)27-12-14-28(15-13-27)24-26-21-10-5-11-25-22(21)32-24/h1-11,16H,12-15,17H2. The second kappa shape index (κ2) is 8.92. The lowest BCUT2D eigenvalue weighted by molar-refractivity contribution is 0.0746. The van der Waals surface area contributed by atoms with Gasteiger partial charge in [0.15, 0.2) is 15.0 Å². The van der Waals surface area contributed by atoms with Gasteiger partial charge in [-0.05, 0) is 42.0 Å². The summed E-state index contributed by atoms with van der Waals surface area (Å²) in [5, 5.41) is 0.920. The van der Waals surface area contributed by atoms with Crippen LogP contribution in [0.15, 0.2) is 77.8 Å².